The minimum atomic E-state index is 0.236. The van der Waals surface area contributed by atoms with E-state index in [1.807, 2.05) is 38.2 Å². The zero-order valence-corrected chi connectivity index (χ0v) is 14.6. The molecule has 0 amide bonds. The van der Waals surface area contributed by atoms with Gasteiger partial charge in [-0.3, -0.25) is 4.98 Å². The van der Waals surface area contributed by atoms with Gasteiger partial charge in [-0.2, -0.15) is 5.10 Å². The van der Waals surface area contributed by atoms with Crippen LogP contribution in [0.5, 0.6) is 5.88 Å². The minimum absolute atomic E-state index is 0.236. The standard InChI is InChI=1S/C18H23N5O/c1-5-15-8-18(21-9-12(15)2)24-11-17(14(4)23-19)22-16-7-6-13(3)20-10-16/h6-10H,5,11,19H2,1-4H3/b22-17?,23-14-. The van der Waals surface area contributed by atoms with Crippen molar-refractivity contribution in [3.63, 3.8) is 0 Å². The normalized spacial score (nSPS) is 12.3. The Morgan fingerprint density at radius 2 is 2.00 bits per heavy atom. The molecule has 126 valence electrons. The zero-order chi connectivity index (χ0) is 17.5. The van der Waals surface area contributed by atoms with E-state index in [1.54, 1.807) is 13.1 Å². The first-order valence-corrected chi connectivity index (χ1v) is 7.87. The quantitative estimate of drug-likeness (QED) is 0.502. The Bertz CT molecular complexity index is 751. The van der Waals surface area contributed by atoms with Crippen molar-refractivity contribution < 1.29 is 4.74 Å². The molecule has 0 aliphatic carbocycles. The Balaban J connectivity index is 2.19. The molecular weight excluding hydrogens is 302 g/mol. The second-order valence-corrected chi connectivity index (χ2v) is 5.52. The lowest BCUT2D eigenvalue weighted by Gasteiger charge is -2.10. The lowest BCUT2D eigenvalue weighted by molar-refractivity contribution is 0.362. The van der Waals surface area contributed by atoms with Crippen LogP contribution in [0.3, 0.4) is 0 Å². The Labute approximate surface area is 142 Å². The summed E-state index contributed by atoms with van der Waals surface area (Å²) in [6.45, 7) is 8.11. The van der Waals surface area contributed by atoms with Crippen LogP contribution in [0.15, 0.2) is 40.7 Å². The molecule has 2 rings (SSSR count). The van der Waals surface area contributed by atoms with E-state index in [0.717, 1.165) is 23.4 Å². The summed E-state index contributed by atoms with van der Waals surface area (Å²) in [5.74, 6) is 5.97. The number of hydrogen-bond donors (Lipinski definition) is 1. The number of rotatable bonds is 6. The van der Waals surface area contributed by atoms with E-state index < -0.39 is 0 Å². The van der Waals surface area contributed by atoms with Gasteiger partial charge in [0, 0.05) is 18.0 Å². The Morgan fingerprint density at radius 1 is 1.21 bits per heavy atom. The van der Waals surface area contributed by atoms with Crippen LogP contribution in [0.4, 0.5) is 5.69 Å². The Kier molecular flexibility index (Phi) is 6.01. The zero-order valence-electron chi connectivity index (χ0n) is 14.6. The van der Waals surface area contributed by atoms with Gasteiger partial charge in [-0.05, 0) is 50.5 Å². The topological polar surface area (TPSA) is 85.8 Å². The van der Waals surface area contributed by atoms with Crippen LogP contribution < -0.4 is 10.6 Å². The first-order valence-electron chi connectivity index (χ1n) is 7.87. The average molecular weight is 325 g/mol. The molecule has 24 heavy (non-hydrogen) atoms. The number of pyridine rings is 2. The number of hydrazone groups is 1. The molecule has 0 atom stereocenters. The fraction of sp³-hybridized carbons (Fsp3) is 0.333. The Hall–Kier alpha value is -2.76. The predicted molar refractivity (Wildman–Crippen MR) is 97.2 cm³/mol. The van der Waals surface area contributed by atoms with E-state index in [4.69, 9.17) is 10.6 Å². The van der Waals surface area contributed by atoms with Crippen LogP contribution in [-0.2, 0) is 6.42 Å². The van der Waals surface area contributed by atoms with Gasteiger partial charge < -0.3 is 10.6 Å². The monoisotopic (exact) mass is 325 g/mol. The van der Waals surface area contributed by atoms with Crippen LogP contribution in [0, 0.1) is 13.8 Å². The summed E-state index contributed by atoms with van der Waals surface area (Å²) in [6, 6.07) is 5.75. The van der Waals surface area contributed by atoms with Crippen LogP contribution in [0.1, 0.15) is 30.7 Å². The van der Waals surface area contributed by atoms with E-state index in [0.29, 0.717) is 17.3 Å². The third kappa shape index (κ3) is 4.62. The highest BCUT2D eigenvalue weighted by molar-refractivity contribution is 6.42. The summed E-state index contributed by atoms with van der Waals surface area (Å²) < 4.78 is 5.79. The maximum Gasteiger partial charge on any atom is 0.213 e. The molecule has 2 N–H and O–H groups in total. The van der Waals surface area contributed by atoms with Crippen molar-refractivity contribution >= 4 is 17.1 Å². The molecule has 6 nitrogen and oxygen atoms in total. The molecule has 0 bridgehead atoms. The summed E-state index contributed by atoms with van der Waals surface area (Å²) in [7, 11) is 0. The van der Waals surface area contributed by atoms with E-state index >= 15 is 0 Å². The fourth-order valence-electron chi connectivity index (χ4n) is 2.12. The lowest BCUT2D eigenvalue weighted by atomic mass is 10.1. The van der Waals surface area contributed by atoms with Gasteiger partial charge in [0.1, 0.15) is 12.3 Å². The second kappa shape index (κ2) is 8.19. The number of nitrogens with zero attached hydrogens (tertiary/aromatic N) is 4. The van der Waals surface area contributed by atoms with E-state index in [1.165, 1.54) is 5.56 Å². The molecule has 0 spiro atoms. The largest absolute Gasteiger partial charge is 0.471 e. The molecule has 6 heteroatoms. The van der Waals surface area contributed by atoms with Crippen LogP contribution in [0.2, 0.25) is 0 Å². The Morgan fingerprint density at radius 3 is 2.62 bits per heavy atom. The molecule has 0 unspecified atom stereocenters. The van der Waals surface area contributed by atoms with Crippen molar-refractivity contribution in [1.82, 2.24) is 9.97 Å². The van der Waals surface area contributed by atoms with Crippen molar-refractivity contribution in [3.05, 3.63) is 47.4 Å². The first kappa shape index (κ1) is 17.6. The number of aromatic nitrogens is 2. The van der Waals surface area contributed by atoms with Gasteiger partial charge in [-0.25, -0.2) is 9.98 Å². The highest BCUT2D eigenvalue weighted by Gasteiger charge is 2.08. The summed E-state index contributed by atoms with van der Waals surface area (Å²) in [5, 5.41) is 3.73. The smallest absolute Gasteiger partial charge is 0.213 e. The summed E-state index contributed by atoms with van der Waals surface area (Å²) in [6.07, 6.45) is 4.46. The second-order valence-electron chi connectivity index (χ2n) is 5.52. The maximum absolute atomic E-state index is 5.79. The number of nitrogens with two attached hydrogens (primary N) is 1. The van der Waals surface area contributed by atoms with E-state index in [-0.39, 0.29) is 6.61 Å². The number of aliphatic imine (C=N–C) groups is 1. The minimum Gasteiger partial charge on any atom is -0.471 e. The SMILES string of the molecule is CCc1cc(OCC(=Nc2ccc(C)nc2)/C(C)=N\N)ncc1C. The van der Waals surface area contributed by atoms with Crippen LogP contribution in [-0.4, -0.2) is 28.0 Å². The summed E-state index contributed by atoms with van der Waals surface area (Å²) >= 11 is 0. The highest BCUT2D eigenvalue weighted by atomic mass is 16.5. The molecule has 0 saturated heterocycles. The highest BCUT2D eigenvalue weighted by Crippen LogP contribution is 2.15. The van der Waals surface area contributed by atoms with Crippen molar-refractivity contribution in [2.24, 2.45) is 15.9 Å². The third-order valence-electron chi connectivity index (χ3n) is 3.70. The van der Waals surface area contributed by atoms with Gasteiger partial charge >= 0.3 is 0 Å². The molecule has 2 aromatic heterocycles. The average Bonchev–Trinajstić information content (AvgIpc) is 2.60. The van der Waals surface area contributed by atoms with Gasteiger partial charge in [0.25, 0.3) is 0 Å². The summed E-state index contributed by atoms with van der Waals surface area (Å²) in [5.41, 5.74) is 5.29. The molecule has 2 heterocycles. The fourth-order valence-corrected chi connectivity index (χ4v) is 2.12. The lowest BCUT2D eigenvalue weighted by Crippen LogP contribution is -2.21. The van der Waals surface area contributed by atoms with Gasteiger partial charge in [-0.1, -0.05) is 6.92 Å². The van der Waals surface area contributed by atoms with E-state index in [2.05, 4.69) is 27.0 Å². The van der Waals surface area contributed by atoms with Gasteiger partial charge in [0.2, 0.25) is 5.88 Å². The van der Waals surface area contributed by atoms with Gasteiger partial charge in [0.15, 0.2) is 0 Å². The number of aryl methyl sites for hydroxylation is 3. The molecule has 0 saturated carbocycles. The third-order valence-corrected chi connectivity index (χ3v) is 3.70. The van der Waals surface area contributed by atoms with Gasteiger partial charge in [-0.15, -0.1) is 0 Å². The molecule has 0 aliphatic heterocycles. The molecule has 0 fully saturated rings. The van der Waals surface area contributed by atoms with Gasteiger partial charge in [0.05, 0.1) is 17.6 Å². The molecule has 0 aliphatic rings. The van der Waals surface area contributed by atoms with Crippen molar-refractivity contribution in [1.29, 1.82) is 0 Å². The maximum atomic E-state index is 5.79. The molecular formula is C18H23N5O. The number of ether oxygens (including phenoxy) is 1. The summed E-state index contributed by atoms with van der Waals surface area (Å²) in [4.78, 5) is 13.1. The van der Waals surface area contributed by atoms with Crippen LogP contribution >= 0.6 is 0 Å². The number of hydrogen-bond acceptors (Lipinski definition) is 6. The predicted octanol–water partition coefficient (Wildman–Crippen LogP) is 3.14. The molecule has 0 radical (unpaired) electrons. The van der Waals surface area contributed by atoms with Crippen LogP contribution in [0.25, 0.3) is 0 Å². The van der Waals surface area contributed by atoms with Crippen molar-refractivity contribution in [2.45, 2.75) is 34.1 Å². The molecule has 2 aromatic rings. The van der Waals surface area contributed by atoms with Crippen molar-refractivity contribution in [3.8, 4) is 5.88 Å². The molecule has 0 aromatic carbocycles. The first-order chi connectivity index (χ1) is 11.5. The van der Waals surface area contributed by atoms with Crippen molar-refractivity contribution in [2.75, 3.05) is 6.61 Å². The van der Waals surface area contributed by atoms with E-state index in [9.17, 15) is 0 Å².